The van der Waals surface area contributed by atoms with Crippen molar-refractivity contribution in [1.29, 1.82) is 0 Å². The molecular weight excluding hydrogens is 236 g/mol. The molecule has 96 valence electrons. The van der Waals surface area contributed by atoms with E-state index >= 15 is 0 Å². The van der Waals surface area contributed by atoms with E-state index in [9.17, 15) is 0 Å². The van der Waals surface area contributed by atoms with Gasteiger partial charge >= 0.3 is 0 Å². The molecule has 0 fully saturated rings. The first-order valence-electron chi connectivity index (χ1n) is 5.80. The molecule has 0 aliphatic carbocycles. The summed E-state index contributed by atoms with van der Waals surface area (Å²) in [7, 11) is 5.77. The van der Waals surface area contributed by atoms with Gasteiger partial charge in [-0.1, -0.05) is 24.6 Å². The number of likely N-dealkylation sites (N-methyl/N-ethyl adjacent to an activating group) is 2. The van der Waals surface area contributed by atoms with Gasteiger partial charge in [0.1, 0.15) is 5.75 Å². The molecule has 0 amide bonds. The molecule has 17 heavy (non-hydrogen) atoms. The summed E-state index contributed by atoms with van der Waals surface area (Å²) >= 11 is 6.15. The maximum absolute atomic E-state index is 6.15. The topological polar surface area (TPSA) is 24.5 Å². The fourth-order valence-corrected chi connectivity index (χ4v) is 2.04. The first kappa shape index (κ1) is 14.3. The van der Waals surface area contributed by atoms with Gasteiger partial charge in [-0.15, -0.1) is 0 Å². The lowest BCUT2D eigenvalue weighted by Crippen LogP contribution is -2.30. The van der Waals surface area contributed by atoms with E-state index in [1.54, 1.807) is 7.11 Å². The lowest BCUT2D eigenvalue weighted by atomic mass is 10.1. The maximum Gasteiger partial charge on any atom is 0.137 e. The molecule has 1 unspecified atom stereocenters. The third-order valence-electron chi connectivity index (χ3n) is 2.77. The molecule has 0 aromatic heterocycles. The number of nitrogens with one attached hydrogen (secondary N) is 1. The number of benzene rings is 1. The third-order valence-corrected chi connectivity index (χ3v) is 3.07. The van der Waals surface area contributed by atoms with Gasteiger partial charge in [0.15, 0.2) is 0 Å². The van der Waals surface area contributed by atoms with E-state index in [2.05, 4.69) is 37.3 Å². The summed E-state index contributed by atoms with van der Waals surface area (Å²) in [5.74, 6) is 0.719. The summed E-state index contributed by atoms with van der Waals surface area (Å²) < 4.78 is 5.16. The fourth-order valence-electron chi connectivity index (χ4n) is 1.77. The molecule has 1 aromatic rings. The zero-order valence-corrected chi connectivity index (χ0v) is 11.7. The minimum atomic E-state index is 0.318. The van der Waals surface area contributed by atoms with Crippen molar-refractivity contribution in [2.75, 3.05) is 34.3 Å². The molecule has 0 aliphatic heterocycles. The number of hydrogen-bond donors (Lipinski definition) is 1. The normalized spacial score (nSPS) is 12.8. The van der Waals surface area contributed by atoms with Crippen molar-refractivity contribution in [1.82, 2.24) is 10.2 Å². The Balaban J connectivity index is 2.90. The summed E-state index contributed by atoms with van der Waals surface area (Å²) in [5.41, 5.74) is 1.20. The van der Waals surface area contributed by atoms with Crippen LogP contribution in [0, 0.1) is 0 Å². The first-order chi connectivity index (χ1) is 8.10. The highest BCUT2D eigenvalue weighted by Crippen LogP contribution is 2.28. The molecule has 0 spiro atoms. The van der Waals surface area contributed by atoms with E-state index in [-0.39, 0.29) is 0 Å². The Morgan fingerprint density at radius 2 is 2.12 bits per heavy atom. The average molecular weight is 257 g/mol. The molecule has 0 aliphatic rings. The Morgan fingerprint density at radius 1 is 1.41 bits per heavy atom. The van der Waals surface area contributed by atoms with Gasteiger partial charge < -0.3 is 15.0 Å². The van der Waals surface area contributed by atoms with Crippen molar-refractivity contribution in [2.24, 2.45) is 0 Å². The number of hydrogen-bond acceptors (Lipinski definition) is 3. The number of methoxy groups -OCH3 is 1. The molecule has 0 saturated carbocycles. The van der Waals surface area contributed by atoms with E-state index in [0.717, 1.165) is 18.8 Å². The Kier molecular flexibility index (Phi) is 5.75. The molecule has 0 saturated heterocycles. The molecule has 1 atom stereocenters. The van der Waals surface area contributed by atoms with Gasteiger partial charge in [-0.05, 0) is 38.3 Å². The zero-order chi connectivity index (χ0) is 12.8. The standard InChI is InChI=1S/C13H21ClN2O/c1-5-15-9-12(16(2)3)10-6-7-13(17-4)11(14)8-10/h6-8,12,15H,5,9H2,1-4H3. The summed E-state index contributed by atoms with van der Waals surface area (Å²) in [5, 5.41) is 4.02. The van der Waals surface area contributed by atoms with E-state index < -0.39 is 0 Å². The lowest BCUT2D eigenvalue weighted by Gasteiger charge is -2.25. The Hall–Kier alpha value is -0.770. The van der Waals surface area contributed by atoms with Crippen LogP contribution in [0.3, 0.4) is 0 Å². The van der Waals surface area contributed by atoms with E-state index in [1.807, 2.05) is 12.1 Å². The quantitative estimate of drug-likeness (QED) is 0.847. The van der Waals surface area contributed by atoms with E-state index in [1.165, 1.54) is 5.56 Å². The molecule has 0 radical (unpaired) electrons. The molecule has 0 bridgehead atoms. The van der Waals surface area contributed by atoms with Crippen molar-refractivity contribution in [3.05, 3.63) is 28.8 Å². The molecule has 3 nitrogen and oxygen atoms in total. The van der Waals surface area contributed by atoms with Gasteiger partial charge in [-0.3, -0.25) is 0 Å². The van der Waals surface area contributed by atoms with Crippen LogP contribution in [-0.2, 0) is 0 Å². The first-order valence-corrected chi connectivity index (χ1v) is 6.18. The van der Waals surface area contributed by atoms with Gasteiger partial charge in [0.2, 0.25) is 0 Å². The van der Waals surface area contributed by atoms with E-state index in [4.69, 9.17) is 16.3 Å². The SMILES string of the molecule is CCNCC(c1ccc(OC)c(Cl)c1)N(C)C. The maximum atomic E-state index is 6.15. The summed E-state index contributed by atoms with van der Waals surface area (Å²) in [6.07, 6.45) is 0. The number of halogens is 1. The van der Waals surface area contributed by atoms with Crippen LogP contribution in [0.25, 0.3) is 0 Å². The van der Waals surface area contributed by atoms with Crippen molar-refractivity contribution in [3.63, 3.8) is 0 Å². The Bertz CT molecular complexity index is 355. The smallest absolute Gasteiger partial charge is 0.137 e. The highest BCUT2D eigenvalue weighted by Gasteiger charge is 2.14. The monoisotopic (exact) mass is 256 g/mol. The second-order valence-corrected chi connectivity index (χ2v) is 4.59. The van der Waals surface area contributed by atoms with Crippen LogP contribution in [0.15, 0.2) is 18.2 Å². The van der Waals surface area contributed by atoms with Crippen molar-refractivity contribution in [2.45, 2.75) is 13.0 Å². The largest absolute Gasteiger partial charge is 0.495 e. The molecule has 4 heteroatoms. The van der Waals surface area contributed by atoms with Crippen LogP contribution in [0.1, 0.15) is 18.5 Å². The van der Waals surface area contributed by atoms with Crippen LogP contribution in [0.4, 0.5) is 0 Å². The van der Waals surface area contributed by atoms with Crippen molar-refractivity contribution in [3.8, 4) is 5.75 Å². The fraction of sp³-hybridized carbons (Fsp3) is 0.538. The summed E-state index contributed by atoms with van der Waals surface area (Å²) in [4.78, 5) is 2.18. The predicted octanol–water partition coefficient (Wildman–Crippen LogP) is 2.56. The van der Waals surface area contributed by atoms with Crippen LogP contribution in [0.5, 0.6) is 5.75 Å². The predicted molar refractivity (Wildman–Crippen MR) is 73.0 cm³/mol. The van der Waals surface area contributed by atoms with Gasteiger partial charge in [0.05, 0.1) is 12.1 Å². The second kappa shape index (κ2) is 6.84. The molecular formula is C13H21ClN2O. The Morgan fingerprint density at radius 3 is 2.59 bits per heavy atom. The van der Waals surface area contributed by atoms with Crippen LogP contribution in [-0.4, -0.2) is 39.2 Å². The minimum Gasteiger partial charge on any atom is -0.495 e. The highest BCUT2D eigenvalue weighted by molar-refractivity contribution is 6.32. The average Bonchev–Trinajstić information content (AvgIpc) is 2.29. The number of rotatable bonds is 6. The number of nitrogens with zero attached hydrogens (tertiary/aromatic N) is 1. The van der Waals surface area contributed by atoms with Gasteiger partial charge in [-0.25, -0.2) is 0 Å². The van der Waals surface area contributed by atoms with Crippen LogP contribution < -0.4 is 10.1 Å². The van der Waals surface area contributed by atoms with Crippen LogP contribution in [0.2, 0.25) is 5.02 Å². The highest BCUT2D eigenvalue weighted by atomic mass is 35.5. The zero-order valence-electron chi connectivity index (χ0n) is 11.0. The minimum absolute atomic E-state index is 0.318. The second-order valence-electron chi connectivity index (χ2n) is 4.18. The van der Waals surface area contributed by atoms with Gasteiger partial charge in [0, 0.05) is 12.6 Å². The number of ether oxygens (including phenoxy) is 1. The summed E-state index contributed by atoms with van der Waals surface area (Å²) in [6.45, 7) is 3.98. The van der Waals surface area contributed by atoms with Gasteiger partial charge in [0.25, 0.3) is 0 Å². The van der Waals surface area contributed by atoms with Crippen molar-refractivity contribution >= 4 is 11.6 Å². The summed E-state index contributed by atoms with van der Waals surface area (Å²) in [6, 6.07) is 6.27. The van der Waals surface area contributed by atoms with Crippen LogP contribution >= 0.6 is 11.6 Å². The van der Waals surface area contributed by atoms with Crippen molar-refractivity contribution < 1.29 is 4.74 Å². The lowest BCUT2D eigenvalue weighted by molar-refractivity contribution is 0.290. The molecule has 1 rings (SSSR count). The molecule has 0 heterocycles. The molecule has 1 aromatic carbocycles. The Labute approximate surface area is 109 Å². The van der Waals surface area contributed by atoms with Gasteiger partial charge in [-0.2, -0.15) is 0 Å². The van der Waals surface area contributed by atoms with E-state index in [0.29, 0.717) is 11.1 Å². The molecule has 1 N–H and O–H groups in total. The third kappa shape index (κ3) is 3.87.